The standard InChI is InChI=1S/C11H12Cl2N4O2/c1-11(2,3)10-16-15-7(19-10)5-17-9(18)8(13)6(12)4-14-17/h4H,5H2,1-3H3. The van der Waals surface area contributed by atoms with Gasteiger partial charge in [-0.15, -0.1) is 10.2 Å². The predicted octanol–water partition coefficient (Wildman–Crippen LogP) is 2.28. The normalized spacial score (nSPS) is 11.8. The number of nitrogens with zero attached hydrogens (tertiary/aromatic N) is 4. The van der Waals surface area contributed by atoms with E-state index in [-0.39, 0.29) is 27.9 Å². The molecule has 0 atom stereocenters. The Morgan fingerprint density at radius 1 is 1.32 bits per heavy atom. The SMILES string of the molecule is CC(C)(C)c1nnc(Cn2ncc(Cl)c(Cl)c2=O)o1. The molecule has 2 heterocycles. The van der Waals surface area contributed by atoms with E-state index in [1.165, 1.54) is 6.20 Å². The molecule has 0 aliphatic carbocycles. The number of hydrogen-bond donors (Lipinski definition) is 0. The average molecular weight is 303 g/mol. The summed E-state index contributed by atoms with van der Waals surface area (Å²) in [5.41, 5.74) is -0.744. The fraction of sp³-hybridized carbons (Fsp3) is 0.455. The van der Waals surface area contributed by atoms with Gasteiger partial charge in [-0.25, -0.2) is 4.68 Å². The number of rotatable bonds is 2. The van der Waals surface area contributed by atoms with Crippen molar-refractivity contribution in [2.45, 2.75) is 32.7 Å². The molecule has 0 saturated heterocycles. The molecule has 102 valence electrons. The third-order valence-corrected chi connectivity index (χ3v) is 3.08. The minimum atomic E-state index is -0.496. The van der Waals surface area contributed by atoms with Crippen molar-refractivity contribution in [3.8, 4) is 0 Å². The Morgan fingerprint density at radius 2 is 2.00 bits per heavy atom. The lowest BCUT2D eigenvalue weighted by molar-refractivity contribution is 0.361. The summed E-state index contributed by atoms with van der Waals surface area (Å²) in [6.07, 6.45) is 1.30. The maximum atomic E-state index is 11.8. The lowest BCUT2D eigenvalue weighted by Gasteiger charge is -2.11. The molecule has 19 heavy (non-hydrogen) atoms. The average Bonchev–Trinajstić information content (AvgIpc) is 2.78. The fourth-order valence-corrected chi connectivity index (χ4v) is 1.58. The molecular formula is C11H12Cl2N4O2. The van der Waals surface area contributed by atoms with Crippen LogP contribution in [0.1, 0.15) is 32.6 Å². The lowest BCUT2D eigenvalue weighted by Crippen LogP contribution is -2.23. The Labute approximate surface area is 119 Å². The van der Waals surface area contributed by atoms with Crippen molar-refractivity contribution >= 4 is 23.2 Å². The molecule has 8 heteroatoms. The van der Waals surface area contributed by atoms with Gasteiger partial charge in [0.2, 0.25) is 11.8 Å². The van der Waals surface area contributed by atoms with Gasteiger partial charge in [0.25, 0.3) is 5.56 Å². The molecule has 0 aliphatic heterocycles. The smallest absolute Gasteiger partial charge is 0.287 e. The summed E-state index contributed by atoms with van der Waals surface area (Å²) < 4.78 is 6.60. The molecule has 2 aromatic heterocycles. The number of aromatic nitrogens is 4. The van der Waals surface area contributed by atoms with Crippen molar-refractivity contribution < 1.29 is 4.42 Å². The van der Waals surface area contributed by atoms with E-state index in [2.05, 4.69) is 15.3 Å². The highest BCUT2D eigenvalue weighted by Gasteiger charge is 2.21. The summed E-state index contributed by atoms with van der Waals surface area (Å²) in [7, 11) is 0. The molecule has 0 radical (unpaired) electrons. The summed E-state index contributed by atoms with van der Waals surface area (Å²) in [6.45, 7) is 5.91. The van der Waals surface area contributed by atoms with Crippen LogP contribution in [0.2, 0.25) is 10.0 Å². The van der Waals surface area contributed by atoms with Crippen LogP contribution in [-0.4, -0.2) is 20.0 Å². The van der Waals surface area contributed by atoms with Crippen molar-refractivity contribution in [2.75, 3.05) is 0 Å². The van der Waals surface area contributed by atoms with E-state index >= 15 is 0 Å². The Bertz CT molecular complexity index is 657. The summed E-state index contributed by atoms with van der Waals surface area (Å²) in [6, 6.07) is 0. The van der Waals surface area contributed by atoms with Crippen LogP contribution in [0.3, 0.4) is 0 Å². The first-order valence-electron chi connectivity index (χ1n) is 5.53. The van der Waals surface area contributed by atoms with Crippen LogP contribution in [0.15, 0.2) is 15.4 Å². The summed E-state index contributed by atoms with van der Waals surface area (Å²) in [5.74, 6) is 0.786. The Hall–Kier alpha value is -1.40. The molecule has 0 aliphatic rings. The third kappa shape index (κ3) is 2.96. The van der Waals surface area contributed by atoms with Gasteiger partial charge in [-0.05, 0) is 0 Å². The van der Waals surface area contributed by atoms with Gasteiger partial charge in [-0.3, -0.25) is 4.79 Å². The molecule has 0 amide bonds. The van der Waals surface area contributed by atoms with E-state index in [0.717, 1.165) is 4.68 Å². The van der Waals surface area contributed by atoms with Crippen molar-refractivity contribution in [2.24, 2.45) is 0 Å². The quantitative estimate of drug-likeness (QED) is 0.851. The largest absolute Gasteiger partial charge is 0.423 e. The maximum absolute atomic E-state index is 11.8. The zero-order valence-electron chi connectivity index (χ0n) is 10.6. The topological polar surface area (TPSA) is 73.8 Å². The monoisotopic (exact) mass is 302 g/mol. The molecule has 0 saturated carbocycles. The first kappa shape index (κ1) is 14.0. The van der Waals surface area contributed by atoms with Crippen molar-refractivity contribution in [1.29, 1.82) is 0 Å². The maximum Gasteiger partial charge on any atom is 0.287 e. The van der Waals surface area contributed by atoms with E-state index in [1.807, 2.05) is 20.8 Å². The molecule has 0 spiro atoms. The highest BCUT2D eigenvalue weighted by Crippen LogP contribution is 2.20. The van der Waals surface area contributed by atoms with Gasteiger partial charge in [0.1, 0.15) is 11.6 Å². The zero-order valence-corrected chi connectivity index (χ0v) is 12.2. The number of hydrogen-bond acceptors (Lipinski definition) is 5. The Morgan fingerprint density at radius 3 is 2.58 bits per heavy atom. The van der Waals surface area contributed by atoms with Crippen LogP contribution in [0, 0.1) is 0 Å². The molecule has 0 unspecified atom stereocenters. The first-order chi connectivity index (χ1) is 8.79. The minimum absolute atomic E-state index is 0.0544. The summed E-state index contributed by atoms with van der Waals surface area (Å²) in [4.78, 5) is 11.8. The molecule has 2 rings (SSSR count). The van der Waals surface area contributed by atoms with E-state index in [4.69, 9.17) is 27.6 Å². The van der Waals surface area contributed by atoms with E-state index < -0.39 is 5.56 Å². The van der Waals surface area contributed by atoms with E-state index in [0.29, 0.717) is 5.89 Å². The van der Waals surface area contributed by atoms with Gasteiger partial charge < -0.3 is 4.42 Å². The zero-order chi connectivity index (χ0) is 14.2. The summed E-state index contributed by atoms with van der Waals surface area (Å²) >= 11 is 11.4. The summed E-state index contributed by atoms with van der Waals surface area (Å²) in [5, 5.41) is 11.7. The van der Waals surface area contributed by atoms with E-state index in [9.17, 15) is 4.79 Å². The van der Waals surface area contributed by atoms with Crippen LogP contribution in [0.5, 0.6) is 0 Å². The molecular weight excluding hydrogens is 291 g/mol. The second-order valence-corrected chi connectivity index (χ2v) is 5.81. The Balaban J connectivity index is 2.30. The van der Waals surface area contributed by atoms with Crippen LogP contribution >= 0.6 is 23.2 Å². The van der Waals surface area contributed by atoms with Crippen LogP contribution in [0.4, 0.5) is 0 Å². The third-order valence-electron chi connectivity index (χ3n) is 2.34. The van der Waals surface area contributed by atoms with E-state index in [1.54, 1.807) is 0 Å². The van der Waals surface area contributed by atoms with Crippen LogP contribution < -0.4 is 5.56 Å². The van der Waals surface area contributed by atoms with Gasteiger partial charge in [-0.1, -0.05) is 44.0 Å². The molecule has 6 nitrogen and oxygen atoms in total. The van der Waals surface area contributed by atoms with Crippen LogP contribution in [-0.2, 0) is 12.0 Å². The number of halogens is 2. The molecule has 0 aromatic carbocycles. The predicted molar refractivity (Wildman–Crippen MR) is 70.6 cm³/mol. The lowest BCUT2D eigenvalue weighted by atomic mass is 9.97. The van der Waals surface area contributed by atoms with Crippen molar-refractivity contribution in [3.05, 3.63) is 38.4 Å². The second kappa shape index (κ2) is 4.94. The Kier molecular flexibility index (Phi) is 3.64. The molecule has 0 N–H and O–H groups in total. The van der Waals surface area contributed by atoms with Crippen molar-refractivity contribution in [3.63, 3.8) is 0 Å². The van der Waals surface area contributed by atoms with Gasteiger partial charge >= 0.3 is 0 Å². The van der Waals surface area contributed by atoms with Gasteiger partial charge in [-0.2, -0.15) is 5.10 Å². The fourth-order valence-electron chi connectivity index (χ4n) is 1.31. The van der Waals surface area contributed by atoms with Gasteiger partial charge in [0.05, 0.1) is 11.2 Å². The molecule has 2 aromatic rings. The highest BCUT2D eigenvalue weighted by atomic mass is 35.5. The first-order valence-corrected chi connectivity index (χ1v) is 6.28. The van der Waals surface area contributed by atoms with Crippen molar-refractivity contribution in [1.82, 2.24) is 20.0 Å². The molecule has 0 fully saturated rings. The van der Waals surface area contributed by atoms with Crippen LogP contribution in [0.25, 0.3) is 0 Å². The van der Waals surface area contributed by atoms with Gasteiger partial charge in [0, 0.05) is 5.41 Å². The molecule has 0 bridgehead atoms. The van der Waals surface area contributed by atoms with Gasteiger partial charge in [0.15, 0.2) is 0 Å². The minimum Gasteiger partial charge on any atom is -0.423 e. The highest BCUT2D eigenvalue weighted by molar-refractivity contribution is 6.41. The second-order valence-electron chi connectivity index (χ2n) is 5.02.